The summed E-state index contributed by atoms with van der Waals surface area (Å²) in [6.45, 7) is 3.60. The van der Waals surface area contributed by atoms with E-state index in [9.17, 15) is 13.2 Å². The van der Waals surface area contributed by atoms with E-state index >= 15 is 0 Å². The van der Waals surface area contributed by atoms with Crippen LogP contribution in [0.5, 0.6) is 0 Å². The van der Waals surface area contributed by atoms with Crippen LogP contribution in [-0.4, -0.2) is 43.5 Å². The van der Waals surface area contributed by atoms with Crippen molar-refractivity contribution in [2.75, 3.05) is 13.2 Å². The van der Waals surface area contributed by atoms with E-state index in [1.165, 1.54) is 0 Å². The molecule has 0 amide bonds. The molecule has 146 valence electrons. The average molecular weight is 356 g/mol. The van der Waals surface area contributed by atoms with Gasteiger partial charge in [-0.05, 0) is 50.4 Å². The maximum Gasteiger partial charge on any atom is 0.162 e. The fourth-order valence-corrected chi connectivity index (χ4v) is 4.32. The Kier molecular flexibility index (Phi) is 8.50. The lowest BCUT2D eigenvalue weighted by Gasteiger charge is -2.41. The minimum Gasteiger partial charge on any atom is -0.412 e. The van der Waals surface area contributed by atoms with E-state index in [1.807, 2.05) is 0 Å². The molecule has 2 unspecified atom stereocenters. The van der Waals surface area contributed by atoms with Crippen molar-refractivity contribution in [2.24, 2.45) is 23.7 Å². The van der Waals surface area contributed by atoms with E-state index in [4.69, 9.17) is 9.47 Å². The third-order valence-corrected chi connectivity index (χ3v) is 5.70. The fourth-order valence-electron chi connectivity index (χ4n) is 4.32. The van der Waals surface area contributed by atoms with Crippen molar-refractivity contribution in [3.63, 3.8) is 0 Å². The normalized spacial score (nSPS) is 46.5. The molecule has 0 spiro atoms. The van der Waals surface area contributed by atoms with E-state index in [-0.39, 0.29) is 39.4 Å². The van der Waals surface area contributed by atoms with Crippen LogP contribution < -0.4 is 0 Å². The second-order valence-electron chi connectivity index (χ2n) is 7.52. The van der Waals surface area contributed by atoms with Gasteiger partial charge in [-0.1, -0.05) is 14.4 Å². The van der Waals surface area contributed by atoms with Crippen LogP contribution in [0.4, 0.5) is 13.2 Å². The van der Waals surface area contributed by atoms with Crippen molar-refractivity contribution in [1.29, 1.82) is 0 Å². The van der Waals surface area contributed by atoms with E-state index < -0.39 is 18.5 Å². The third kappa shape index (κ3) is 4.85. The summed E-state index contributed by atoms with van der Waals surface area (Å²) in [5.41, 5.74) is 0. The highest BCUT2D eigenvalue weighted by molar-refractivity contribution is 4.91. The molecule has 24 heavy (non-hydrogen) atoms. The highest BCUT2D eigenvalue weighted by Gasteiger charge is 2.42. The van der Waals surface area contributed by atoms with Crippen LogP contribution in [-0.2, 0) is 9.47 Å². The molecule has 2 aliphatic carbocycles. The van der Waals surface area contributed by atoms with Crippen LogP contribution >= 0.6 is 0 Å². The topological polar surface area (TPSA) is 50.0 Å². The van der Waals surface area contributed by atoms with Crippen molar-refractivity contribution < 1.29 is 29.5 Å². The summed E-state index contributed by atoms with van der Waals surface area (Å²) in [7, 11) is 0. The van der Waals surface area contributed by atoms with Crippen LogP contribution in [0, 0.1) is 23.7 Å². The van der Waals surface area contributed by atoms with Gasteiger partial charge in [0.15, 0.2) is 12.5 Å². The van der Waals surface area contributed by atoms with Gasteiger partial charge in [-0.25, -0.2) is 13.2 Å². The molecule has 3 rings (SSSR count). The molecule has 0 aromatic heterocycles. The predicted molar refractivity (Wildman–Crippen MR) is 90.2 cm³/mol. The smallest absolute Gasteiger partial charge is 0.162 e. The number of rotatable bonds is 2. The standard InChI is InChI=1S/C17H27F3O2.CH4.H2O.H2/c1-10-8-21-17(22-9-10)12-4-2-11(3-5-12)13-6-14(18)16(20)15(19)7-13;;;/h10-17H,2-9H2,1H3;1H4;1H2;1H. The first-order valence-corrected chi connectivity index (χ1v) is 8.70. The number of halogens is 3. The second kappa shape index (κ2) is 9.39. The van der Waals surface area contributed by atoms with Crippen molar-refractivity contribution in [3.8, 4) is 0 Å². The van der Waals surface area contributed by atoms with E-state index in [0.29, 0.717) is 17.8 Å². The quantitative estimate of drug-likeness (QED) is 0.741. The first-order chi connectivity index (χ1) is 10.5. The minimum absolute atomic E-state index is 0. The highest BCUT2D eigenvalue weighted by Crippen LogP contribution is 2.43. The van der Waals surface area contributed by atoms with Crippen molar-refractivity contribution in [1.82, 2.24) is 0 Å². The zero-order chi connectivity index (χ0) is 15.7. The van der Waals surface area contributed by atoms with Gasteiger partial charge in [0.2, 0.25) is 0 Å². The van der Waals surface area contributed by atoms with E-state index in [0.717, 1.165) is 38.9 Å². The highest BCUT2D eigenvalue weighted by atomic mass is 19.2. The first-order valence-electron chi connectivity index (χ1n) is 8.70. The van der Waals surface area contributed by atoms with Gasteiger partial charge < -0.3 is 14.9 Å². The number of ether oxygens (including phenoxy) is 2. The maximum atomic E-state index is 13.6. The minimum atomic E-state index is -1.92. The van der Waals surface area contributed by atoms with Crippen LogP contribution in [0.2, 0.25) is 0 Å². The largest absolute Gasteiger partial charge is 0.412 e. The van der Waals surface area contributed by atoms with Crippen molar-refractivity contribution in [3.05, 3.63) is 0 Å². The van der Waals surface area contributed by atoms with Gasteiger partial charge in [0.05, 0.1) is 13.2 Å². The molecule has 0 bridgehead atoms. The number of alkyl halides is 3. The molecule has 2 saturated carbocycles. The maximum absolute atomic E-state index is 13.6. The van der Waals surface area contributed by atoms with Crippen molar-refractivity contribution >= 4 is 0 Å². The van der Waals surface area contributed by atoms with Gasteiger partial charge in [0.1, 0.15) is 12.3 Å². The molecule has 6 heteroatoms. The van der Waals surface area contributed by atoms with Gasteiger partial charge in [-0.3, -0.25) is 0 Å². The molecule has 1 heterocycles. The summed E-state index contributed by atoms with van der Waals surface area (Å²) in [5.74, 6) is 1.16. The molecule has 0 aromatic carbocycles. The predicted octanol–water partition coefficient (Wildman–Crippen LogP) is 4.28. The molecule has 0 radical (unpaired) electrons. The number of hydrogen-bond donors (Lipinski definition) is 0. The van der Waals surface area contributed by atoms with Crippen LogP contribution in [0.3, 0.4) is 0 Å². The van der Waals surface area contributed by atoms with Gasteiger partial charge in [0, 0.05) is 13.3 Å². The van der Waals surface area contributed by atoms with Gasteiger partial charge in [-0.2, -0.15) is 0 Å². The van der Waals surface area contributed by atoms with E-state index in [1.54, 1.807) is 0 Å². The Balaban J connectivity index is 0.00000192. The molecular formula is C18H35F3O3. The molecule has 3 aliphatic rings. The Hall–Kier alpha value is -0.330. The molecule has 3 nitrogen and oxygen atoms in total. The summed E-state index contributed by atoms with van der Waals surface area (Å²) in [6, 6.07) is 0. The zero-order valence-electron chi connectivity index (χ0n) is 13.7. The van der Waals surface area contributed by atoms with Gasteiger partial charge in [-0.15, -0.1) is 0 Å². The second-order valence-corrected chi connectivity index (χ2v) is 7.52. The lowest BCUT2D eigenvalue weighted by atomic mass is 9.70. The Morgan fingerprint density at radius 2 is 1.25 bits per heavy atom. The van der Waals surface area contributed by atoms with Crippen LogP contribution in [0.25, 0.3) is 0 Å². The molecule has 3 fully saturated rings. The molecule has 2 atom stereocenters. The molecule has 1 aliphatic heterocycles. The van der Waals surface area contributed by atoms with Crippen molar-refractivity contribution in [2.45, 2.75) is 77.7 Å². The molecule has 1 saturated heterocycles. The third-order valence-electron chi connectivity index (χ3n) is 5.70. The van der Waals surface area contributed by atoms with Crippen LogP contribution in [0.1, 0.15) is 54.3 Å². The summed E-state index contributed by atoms with van der Waals surface area (Å²) >= 11 is 0. The fraction of sp³-hybridized carbons (Fsp3) is 1.00. The Bertz CT molecular complexity index is 349. The Labute approximate surface area is 145 Å². The zero-order valence-corrected chi connectivity index (χ0v) is 13.7. The average Bonchev–Trinajstić information content (AvgIpc) is 2.53. The molecular weight excluding hydrogens is 321 g/mol. The van der Waals surface area contributed by atoms with E-state index in [2.05, 4.69) is 6.92 Å². The lowest BCUT2D eigenvalue weighted by Crippen LogP contribution is -2.42. The van der Waals surface area contributed by atoms with Gasteiger partial charge in [0.25, 0.3) is 0 Å². The Morgan fingerprint density at radius 3 is 1.75 bits per heavy atom. The lowest BCUT2D eigenvalue weighted by molar-refractivity contribution is -0.227. The monoisotopic (exact) mass is 356 g/mol. The summed E-state index contributed by atoms with van der Waals surface area (Å²) in [5, 5.41) is 0. The SMILES string of the molecule is C.CC1COC(C2CCC(C3CC(F)C(F)C(F)C3)CC2)OC1.O.[HH]. The summed E-state index contributed by atoms with van der Waals surface area (Å²) in [6.07, 6.45) is -1.05. The molecule has 0 aromatic rings. The Morgan fingerprint density at radius 1 is 0.792 bits per heavy atom. The number of hydrogen-bond acceptors (Lipinski definition) is 2. The van der Waals surface area contributed by atoms with Crippen LogP contribution in [0.15, 0.2) is 0 Å². The summed E-state index contributed by atoms with van der Waals surface area (Å²) < 4.78 is 52.0. The first kappa shape index (κ1) is 21.7. The molecule has 2 N–H and O–H groups in total. The van der Waals surface area contributed by atoms with Gasteiger partial charge >= 0.3 is 0 Å². The summed E-state index contributed by atoms with van der Waals surface area (Å²) in [4.78, 5) is 0.